The number of imide groups is 1. The van der Waals surface area contributed by atoms with Gasteiger partial charge in [0.15, 0.2) is 11.0 Å². The topological polar surface area (TPSA) is 107 Å². The number of carbonyl (C=O) groups excluding carboxylic acids is 2. The molecule has 0 saturated carbocycles. The molecule has 1 aromatic rings. The molecule has 0 radical (unpaired) electrons. The van der Waals surface area contributed by atoms with Gasteiger partial charge in [0.1, 0.15) is 6.04 Å². The average molecular weight is 358 g/mol. The molecule has 9 heteroatoms. The Hall–Kier alpha value is -1.61. The average Bonchev–Trinajstić information content (AvgIpc) is 2.87. The van der Waals surface area contributed by atoms with Crippen LogP contribution in [0.1, 0.15) is 51.9 Å². The molecule has 0 bridgehead atoms. The lowest BCUT2D eigenvalue weighted by atomic mass is 10.2. The van der Waals surface area contributed by atoms with Gasteiger partial charge in [0.25, 0.3) is 0 Å². The lowest BCUT2D eigenvalue weighted by molar-refractivity contribution is -0.893. The maximum Gasteiger partial charge on any atom is 0.318 e. The Kier molecular flexibility index (Phi) is 8.20. The molecule has 0 saturated heterocycles. The number of carbonyl (C=O) groups is 2. The van der Waals surface area contributed by atoms with E-state index in [0.29, 0.717) is 5.16 Å². The molecular weight excluding hydrogens is 328 g/mol. The van der Waals surface area contributed by atoms with E-state index in [1.54, 1.807) is 6.92 Å². The maximum absolute atomic E-state index is 11.9. The fraction of sp³-hybridized carbons (Fsp3) is 0.733. The molecule has 1 heterocycles. The van der Waals surface area contributed by atoms with Crippen LogP contribution in [0.2, 0.25) is 0 Å². The number of nitrogens with zero attached hydrogens (tertiary/aromatic N) is 3. The van der Waals surface area contributed by atoms with Crippen molar-refractivity contribution in [2.45, 2.75) is 63.0 Å². The van der Waals surface area contributed by atoms with Gasteiger partial charge in [-0.25, -0.2) is 4.79 Å². The third kappa shape index (κ3) is 5.48. The summed E-state index contributed by atoms with van der Waals surface area (Å²) in [5.41, 5.74) is 5.00. The first-order valence-corrected chi connectivity index (χ1v) is 9.19. The minimum atomic E-state index is -0.845. The zero-order chi connectivity index (χ0) is 18.3. The van der Waals surface area contributed by atoms with Crippen LogP contribution in [0, 0.1) is 0 Å². The number of quaternary nitrogens is 1. The number of hydrogen-bond donors (Lipinski definition) is 3. The number of nitrogens with two attached hydrogens (primary N) is 1. The van der Waals surface area contributed by atoms with Crippen LogP contribution >= 0.6 is 11.8 Å². The van der Waals surface area contributed by atoms with Gasteiger partial charge < -0.3 is 15.2 Å². The Balaban J connectivity index is 3.03. The van der Waals surface area contributed by atoms with E-state index < -0.39 is 17.2 Å². The number of rotatable bonds is 9. The molecule has 0 aliphatic rings. The second kappa shape index (κ2) is 9.63. The van der Waals surface area contributed by atoms with E-state index in [9.17, 15) is 9.59 Å². The van der Waals surface area contributed by atoms with Crippen LogP contribution in [0.4, 0.5) is 4.79 Å². The Bertz CT molecular complexity index is 560. The molecule has 136 valence electrons. The zero-order valence-electron chi connectivity index (χ0n) is 15.1. The third-order valence-electron chi connectivity index (χ3n) is 3.80. The first-order chi connectivity index (χ1) is 11.3. The van der Waals surface area contributed by atoms with Gasteiger partial charge in [0.05, 0.1) is 19.3 Å². The van der Waals surface area contributed by atoms with Crippen molar-refractivity contribution in [3.05, 3.63) is 5.82 Å². The number of nitrogens with one attached hydrogen (secondary N) is 2. The first-order valence-electron chi connectivity index (χ1n) is 8.31. The SMILES string of the molecule is CCCCn1c(S[C@@H](C)C(=O)NC(N)=O)nnc1[C@@H](CC)[NH+](C)C. The summed E-state index contributed by atoms with van der Waals surface area (Å²) in [4.78, 5) is 24.0. The van der Waals surface area contributed by atoms with Crippen LogP contribution in [0.25, 0.3) is 0 Å². The van der Waals surface area contributed by atoms with Gasteiger partial charge >= 0.3 is 6.03 Å². The van der Waals surface area contributed by atoms with Gasteiger partial charge in [0, 0.05) is 13.0 Å². The number of aromatic nitrogens is 3. The molecule has 0 unspecified atom stereocenters. The number of primary amides is 1. The van der Waals surface area contributed by atoms with E-state index in [2.05, 4.69) is 48.0 Å². The Morgan fingerprint density at radius 2 is 2.00 bits per heavy atom. The van der Waals surface area contributed by atoms with Gasteiger partial charge in [-0.15, -0.1) is 10.2 Å². The molecular formula is C15H29N6O2S+. The molecule has 1 aromatic heterocycles. The highest BCUT2D eigenvalue weighted by Gasteiger charge is 2.26. The maximum atomic E-state index is 11.9. The van der Waals surface area contributed by atoms with E-state index in [1.165, 1.54) is 16.7 Å². The van der Waals surface area contributed by atoms with Crippen LogP contribution in [0.5, 0.6) is 0 Å². The molecule has 3 amide bonds. The van der Waals surface area contributed by atoms with Crippen LogP contribution in [0.15, 0.2) is 5.16 Å². The highest BCUT2D eigenvalue weighted by Crippen LogP contribution is 2.25. The van der Waals surface area contributed by atoms with Crippen LogP contribution in [0.3, 0.4) is 0 Å². The third-order valence-corrected chi connectivity index (χ3v) is 4.88. The lowest BCUT2D eigenvalue weighted by Crippen LogP contribution is -3.06. The predicted molar refractivity (Wildman–Crippen MR) is 93.8 cm³/mol. The quantitative estimate of drug-likeness (QED) is 0.553. The molecule has 0 aliphatic heterocycles. The summed E-state index contributed by atoms with van der Waals surface area (Å²) in [5, 5.41) is 11.0. The first kappa shape index (κ1) is 20.4. The van der Waals surface area contributed by atoms with E-state index in [1.807, 2.05) is 0 Å². The summed E-state index contributed by atoms with van der Waals surface area (Å²) >= 11 is 1.29. The number of urea groups is 1. The van der Waals surface area contributed by atoms with E-state index in [4.69, 9.17) is 5.73 Å². The number of amides is 3. The second-order valence-corrected chi connectivity index (χ2v) is 7.31. The Morgan fingerprint density at radius 3 is 2.50 bits per heavy atom. The van der Waals surface area contributed by atoms with Gasteiger partial charge in [-0.2, -0.15) is 0 Å². The monoisotopic (exact) mass is 357 g/mol. The standard InChI is InChI=1S/C15H28N6O2S/c1-6-8-9-21-12(11(7-2)20(4)5)18-19-15(21)24-10(3)13(22)17-14(16)23/h10-11H,6-9H2,1-5H3,(H3,16,17,22,23)/p+1/t10-,11+/m0/s1. The molecule has 0 aromatic carbocycles. The fourth-order valence-electron chi connectivity index (χ4n) is 2.46. The van der Waals surface area contributed by atoms with Gasteiger partial charge in [-0.3, -0.25) is 10.1 Å². The van der Waals surface area contributed by atoms with Crippen LogP contribution in [-0.4, -0.2) is 46.0 Å². The predicted octanol–water partition coefficient (Wildman–Crippen LogP) is 0.349. The minimum absolute atomic E-state index is 0.249. The molecule has 0 fully saturated rings. The van der Waals surface area contributed by atoms with Gasteiger partial charge in [-0.05, 0) is 13.3 Å². The fourth-order valence-corrected chi connectivity index (χ4v) is 3.34. The smallest absolute Gasteiger partial charge is 0.318 e. The lowest BCUT2D eigenvalue weighted by Gasteiger charge is -2.20. The molecule has 0 aliphatic carbocycles. The highest BCUT2D eigenvalue weighted by atomic mass is 32.2. The summed E-state index contributed by atoms with van der Waals surface area (Å²) in [6.45, 7) is 6.80. The molecule has 1 rings (SSSR count). The zero-order valence-corrected chi connectivity index (χ0v) is 15.9. The van der Waals surface area contributed by atoms with Crippen molar-refractivity contribution in [2.75, 3.05) is 14.1 Å². The molecule has 2 atom stereocenters. The molecule has 24 heavy (non-hydrogen) atoms. The molecule has 4 N–H and O–H groups in total. The highest BCUT2D eigenvalue weighted by molar-refractivity contribution is 8.00. The second-order valence-electron chi connectivity index (χ2n) is 6.00. The van der Waals surface area contributed by atoms with Crippen molar-refractivity contribution >= 4 is 23.7 Å². The van der Waals surface area contributed by atoms with Crippen LogP contribution in [-0.2, 0) is 11.3 Å². The van der Waals surface area contributed by atoms with Crippen LogP contribution < -0.4 is 16.0 Å². The van der Waals surface area contributed by atoms with E-state index >= 15 is 0 Å². The van der Waals surface area contributed by atoms with Crippen molar-refractivity contribution in [1.29, 1.82) is 0 Å². The summed E-state index contributed by atoms with van der Waals surface area (Å²) in [5.74, 6) is 0.514. The van der Waals surface area contributed by atoms with Crippen molar-refractivity contribution in [3.8, 4) is 0 Å². The minimum Gasteiger partial charge on any atom is -0.351 e. The normalized spacial score (nSPS) is 13.8. The molecule has 8 nitrogen and oxygen atoms in total. The summed E-state index contributed by atoms with van der Waals surface area (Å²) < 4.78 is 2.10. The van der Waals surface area contributed by atoms with Crippen molar-refractivity contribution < 1.29 is 14.5 Å². The summed E-state index contributed by atoms with van der Waals surface area (Å²) in [6, 6.07) is -0.596. The number of unbranched alkanes of at least 4 members (excludes halogenated alkanes) is 1. The Labute approximate surface area is 147 Å². The van der Waals surface area contributed by atoms with Crippen molar-refractivity contribution in [2.24, 2.45) is 5.73 Å². The van der Waals surface area contributed by atoms with Gasteiger partial charge in [0.2, 0.25) is 5.91 Å². The van der Waals surface area contributed by atoms with Crippen molar-refractivity contribution in [1.82, 2.24) is 20.1 Å². The summed E-state index contributed by atoms with van der Waals surface area (Å²) in [6.07, 6.45) is 3.03. The number of thioether (sulfide) groups is 1. The van der Waals surface area contributed by atoms with Gasteiger partial charge in [-0.1, -0.05) is 32.0 Å². The largest absolute Gasteiger partial charge is 0.351 e. The molecule has 0 spiro atoms. The number of hydrogen-bond acceptors (Lipinski definition) is 5. The Morgan fingerprint density at radius 1 is 1.33 bits per heavy atom. The van der Waals surface area contributed by atoms with E-state index in [-0.39, 0.29) is 6.04 Å². The van der Waals surface area contributed by atoms with Crippen molar-refractivity contribution in [3.63, 3.8) is 0 Å². The summed E-state index contributed by atoms with van der Waals surface area (Å²) in [7, 11) is 4.20. The van der Waals surface area contributed by atoms with E-state index in [0.717, 1.165) is 31.6 Å².